The van der Waals surface area contributed by atoms with Crippen LogP contribution in [0.2, 0.25) is 0 Å². The summed E-state index contributed by atoms with van der Waals surface area (Å²) >= 11 is 0. The fourth-order valence-corrected chi connectivity index (χ4v) is 7.06. The van der Waals surface area contributed by atoms with Crippen molar-refractivity contribution >= 4 is 32.9 Å². The molecule has 0 unspecified atom stereocenters. The molecule has 5 aromatic rings. The Morgan fingerprint density at radius 3 is 2.37 bits per heavy atom. The third kappa shape index (κ3) is 4.96. The molecule has 1 atom stereocenters. The molecule has 7 rings (SSSR count). The number of carbonyl (C=O) groups excluding carboxylic acids is 2. The van der Waals surface area contributed by atoms with Gasteiger partial charge in [-0.1, -0.05) is 48.0 Å². The Morgan fingerprint density at radius 2 is 1.63 bits per heavy atom. The monoisotopic (exact) mass is 598 g/mol. The van der Waals surface area contributed by atoms with Gasteiger partial charge in [0.2, 0.25) is 5.16 Å². The number of aromatic nitrogens is 4. The maximum absolute atomic E-state index is 13.6. The Kier molecular flexibility index (Phi) is 6.75. The molecule has 2 aromatic heterocycles. The zero-order chi connectivity index (χ0) is 29.6. The van der Waals surface area contributed by atoms with Gasteiger partial charge in [-0.05, 0) is 54.8 Å². The van der Waals surface area contributed by atoms with Crippen LogP contribution in [0.4, 0.5) is 0 Å². The van der Waals surface area contributed by atoms with Crippen LogP contribution >= 0.6 is 0 Å². The number of hydrogen-bond acceptors (Lipinski definition) is 9. The molecule has 0 aliphatic carbocycles. The summed E-state index contributed by atoms with van der Waals surface area (Å²) in [6.07, 6.45) is 2.09. The smallest absolute Gasteiger partial charge is 0.277 e. The molecule has 3 aromatic carbocycles. The van der Waals surface area contributed by atoms with Crippen LogP contribution in [0.1, 0.15) is 63.3 Å². The van der Waals surface area contributed by atoms with Gasteiger partial charge in [0, 0.05) is 6.54 Å². The highest BCUT2D eigenvalue weighted by Crippen LogP contribution is 2.34. The summed E-state index contributed by atoms with van der Waals surface area (Å²) in [7, 11) is -3.93. The lowest BCUT2D eigenvalue weighted by atomic mass is 10.0. The van der Waals surface area contributed by atoms with Gasteiger partial charge in [0.25, 0.3) is 27.7 Å². The first-order valence-electron chi connectivity index (χ1n) is 13.8. The summed E-state index contributed by atoms with van der Waals surface area (Å²) in [5.74, 6) is 0.383. The first-order chi connectivity index (χ1) is 20.9. The number of hydrogen-bond donors (Lipinski definition) is 1. The van der Waals surface area contributed by atoms with E-state index in [1.165, 1.54) is 9.21 Å². The summed E-state index contributed by atoms with van der Waals surface area (Å²) in [5.41, 5.74) is 2.81. The van der Waals surface area contributed by atoms with Crippen molar-refractivity contribution in [3.05, 3.63) is 101 Å². The third-order valence-electron chi connectivity index (χ3n) is 7.66. The van der Waals surface area contributed by atoms with Gasteiger partial charge < -0.3 is 14.2 Å². The minimum atomic E-state index is -3.93. The molecule has 43 heavy (non-hydrogen) atoms. The number of imidazole rings is 1. The molecular formula is C30H26N6O6S. The number of nitrogens with zero attached hydrogens (tertiary/aromatic N) is 5. The molecule has 4 heterocycles. The molecule has 2 aliphatic heterocycles. The second-order valence-corrected chi connectivity index (χ2v) is 12.2. The van der Waals surface area contributed by atoms with Gasteiger partial charge in [-0.15, -0.1) is 0 Å². The van der Waals surface area contributed by atoms with E-state index in [9.17, 15) is 18.0 Å². The van der Waals surface area contributed by atoms with Crippen molar-refractivity contribution in [2.24, 2.45) is 0 Å². The number of rotatable bonds is 8. The predicted molar refractivity (Wildman–Crippen MR) is 152 cm³/mol. The fraction of sp³-hybridized carbons (Fsp3) is 0.233. The van der Waals surface area contributed by atoms with Crippen molar-refractivity contribution in [1.29, 1.82) is 0 Å². The highest BCUT2D eigenvalue weighted by molar-refractivity contribution is 7.89. The quantitative estimate of drug-likeness (QED) is 0.259. The number of ether oxygens (including phenoxy) is 1. The molecule has 12 nitrogen and oxygen atoms in total. The molecule has 0 bridgehead atoms. The van der Waals surface area contributed by atoms with Gasteiger partial charge in [-0.2, -0.15) is 9.29 Å². The highest BCUT2D eigenvalue weighted by Gasteiger charge is 2.39. The Balaban J connectivity index is 1.01. The number of H-pyrrole nitrogens is 1. The molecule has 2 amide bonds. The van der Waals surface area contributed by atoms with Gasteiger partial charge >= 0.3 is 0 Å². The molecular weight excluding hydrogens is 572 g/mol. The minimum absolute atomic E-state index is 0.0200. The van der Waals surface area contributed by atoms with E-state index >= 15 is 0 Å². The van der Waals surface area contributed by atoms with E-state index in [4.69, 9.17) is 9.26 Å². The molecule has 1 saturated heterocycles. The van der Waals surface area contributed by atoms with Gasteiger partial charge in [0.15, 0.2) is 12.4 Å². The molecule has 0 saturated carbocycles. The van der Waals surface area contributed by atoms with E-state index in [0.29, 0.717) is 47.3 Å². The van der Waals surface area contributed by atoms with Crippen LogP contribution in [0.25, 0.3) is 11.0 Å². The number of piperidine rings is 1. The SMILES string of the molecule is O=C1c2ccccc2C(=O)N1Cc1ccc(OCc2nc([C@@H]3CCCCN3S(=O)(=O)c3nc4ccccc4[nH]3)no2)cc1. The second-order valence-electron chi connectivity index (χ2n) is 10.4. The van der Waals surface area contributed by atoms with Crippen molar-refractivity contribution in [3.8, 4) is 5.75 Å². The van der Waals surface area contributed by atoms with Crippen LogP contribution in [0.3, 0.4) is 0 Å². The zero-order valence-corrected chi connectivity index (χ0v) is 23.7. The summed E-state index contributed by atoms with van der Waals surface area (Å²) in [6.45, 7) is 0.444. The summed E-state index contributed by atoms with van der Waals surface area (Å²) in [6, 6.07) is 20.4. The van der Waals surface area contributed by atoms with Crippen LogP contribution < -0.4 is 4.74 Å². The molecule has 1 N–H and O–H groups in total. The van der Waals surface area contributed by atoms with Gasteiger partial charge in [-0.3, -0.25) is 14.5 Å². The Hall–Kier alpha value is -4.88. The highest BCUT2D eigenvalue weighted by atomic mass is 32.2. The van der Waals surface area contributed by atoms with E-state index < -0.39 is 16.1 Å². The number of carbonyl (C=O) groups is 2. The number of aromatic amines is 1. The molecule has 0 radical (unpaired) electrons. The van der Waals surface area contributed by atoms with E-state index in [0.717, 1.165) is 12.0 Å². The van der Waals surface area contributed by atoms with Crippen molar-refractivity contribution in [2.45, 2.75) is 43.6 Å². The zero-order valence-electron chi connectivity index (χ0n) is 22.8. The van der Waals surface area contributed by atoms with Crippen molar-refractivity contribution in [3.63, 3.8) is 0 Å². The normalized spacial score (nSPS) is 17.5. The largest absolute Gasteiger partial charge is 0.484 e. The van der Waals surface area contributed by atoms with Crippen LogP contribution in [-0.4, -0.2) is 56.1 Å². The van der Waals surface area contributed by atoms with Gasteiger partial charge in [0.1, 0.15) is 5.75 Å². The van der Waals surface area contributed by atoms with E-state index in [-0.39, 0.29) is 41.8 Å². The number of para-hydroxylation sites is 2. The van der Waals surface area contributed by atoms with E-state index in [2.05, 4.69) is 20.1 Å². The second kappa shape index (κ2) is 10.7. The lowest BCUT2D eigenvalue weighted by molar-refractivity contribution is 0.0642. The molecule has 0 spiro atoms. The maximum Gasteiger partial charge on any atom is 0.277 e. The topological polar surface area (TPSA) is 152 Å². The predicted octanol–water partition coefficient (Wildman–Crippen LogP) is 4.24. The summed E-state index contributed by atoms with van der Waals surface area (Å²) in [5, 5.41) is 3.97. The standard InChI is InChI=1S/C30H26N6O6S/c37-28-21-7-1-2-8-22(21)29(38)35(28)17-19-12-14-20(15-13-19)41-18-26-33-27(34-42-26)25-11-5-6-16-36(25)43(39,40)30-31-23-9-3-4-10-24(23)32-30/h1-4,7-10,12-15,25H,5-6,11,16-18H2,(H,31,32)/t25-/m0/s1. The van der Waals surface area contributed by atoms with E-state index in [1.807, 2.05) is 6.07 Å². The Morgan fingerprint density at radius 1 is 0.907 bits per heavy atom. The Bertz CT molecular complexity index is 1880. The van der Waals surface area contributed by atoms with Crippen LogP contribution in [0.15, 0.2) is 82.5 Å². The third-order valence-corrected chi connectivity index (χ3v) is 9.40. The number of fused-ring (bicyclic) bond motifs is 2. The molecule has 218 valence electrons. The van der Waals surface area contributed by atoms with Crippen molar-refractivity contribution in [2.75, 3.05) is 6.54 Å². The summed E-state index contributed by atoms with van der Waals surface area (Å²) in [4.78, 5) is 38.2. The van der Waals surface area contributed by atoms with Crippen molar-refractivity contribution < 1.29 is 27.3 Å². The molecule has 13 heteroatoms. The maximum atomic E-state index is 13.6. The van der Waals surface area contributed by atoms with Crippen LogP contribution in [0, 0.1) is 0 Å². The van der Waals surface area contributed by atoms with Gasteiger partial charge in [-0.25, -0.2) is 13.4 Å². The molecule has 1 fully saturated rings. The van der Waals surface area contributed by atoms with Gasteiger partial charge in [0.05, 0.1) is 34.7 Å². The number of amides is 2. The lowest BCUT2D eigenvalue weighted by Gasteiger charge is -2.31. The number of imide groups is 1. The average molecular weight is 599 g/mol. The van der Waals surface area contributed by atoms with Crippen molar-refractivity contribution in [1.82, 2.24) is 29.3 Å². The number of benzene rings is 3. The first-order valence-corrected chi connectivity index (χ1v) is 15.3. The average Bonchev–Trinajstić information content (AvgIpc) is 3.75. The molecule has 2 aliphatic rings. The van der Waals surface area contributed by atoms with Crippen LogP contribution in [-0.2, 0) is 23.2 Å². The number of nitrogens with one attached hydrogen (secondary N) is 1. The van der Waals surface area contributed by atoms with Crippen LogP contribution in [0.5, 0.6) is 5.75 Å². The van der Waals surface area contributed by atoms with E-state index in [1.54, 1.807) is 66.7 Å². The summed E-state index contributed by atoms with van der Waals surface area (Å²) < 4.78 is 39.7. The lowest BCUT2D eigenvalue weighted by Crippen LogP contribution is -2.39. The number of sulfonamides is 1. The first kappa shape index (κ1) is 27.0. The minimum Gasteiger partial charge on any atom is -0.484 e. The Labute approximate surface area is 246 Å². The fourth-order valence-electron chi connectivity index (χ4n) is 5.48.